The van der Waals surface area contributed by atoms with E-state index < -0.39 is 0 Å². The van der Waals surface area contributed by atoms with Crippen LogP contribution in [0.25, 0.3) is 11.3 Å². The Kier molecular flexibility index (Phi) is 7.64. The van der Waals surface area contributed by atoms with E-state index in [-0.39, 0.29) is 18.3 Å². The van der Waals surface area contributed by atoms with Gasteiger partial charge in [0.2, 0.25) is 5.91 Å². The molecule has 0 spiro atoms. The van der Waals surface area contributed by atoms with Crippen LogP contribution in [0, 0.1) is 6.92 Å². The number of ether oxygens (including phenoxy) is 1. The highest BCUT2D eigenvalue weighted by molar-refractivity contribution is 7.99. The molecule has 4 aromatic rings. The molecule has 0 bridgehead atoms. The second kappa shape index (κ2) is 10.8. The van der Waals surface area contributed by atoms with E-state index in [1.807, 2.05) is 66.3 Å². The van der Waals surface area contributed by atoms with E-state index in [0.29, 0.717) is 27.7 Å². The first-order valence-electron chi connectivity index (χ1n) is 10.3. The molecule has 0 aliphatic carbocycles. The summed E-state index contributed by atoms with van der Waals surface area (Å²) in [5, 5.41) is 15.2. The molecule has 4 rings (SSSR count). The molecule has 7 nitrogen and oxygen atoms in total. The zero-order valence-electron chi connectivity index (χ0n) is 18.1. The number of anilines is 1. The molecule has 0 fully saturated rings. The van der Waals surface area contributed by atoms with Crippen LogP contribution in [0.3, 0.4) is 0 Å². The number of carbonyl (C=O) groups is 1. The lowest BCUT2D eigenvalue weighted by Crippen LogP contribution is -2.14. The Morgan fingerprint density at radius 1 is 1.21 bits per heavy atom. The summed E-state index contributed by atoms with van der Waals surface area (Å²) in [4.78, 5) is 17.0. The Bertz CT molecular complexity index is 1240. The number of rotatable bonds is 9. The summed E-state index contributed by atoms with van der Waals surface area (Å²) in [6, 6.07) is 15.3. The summed E-state index contributed by atoms with van der Waals surface area (Å²) >= 11 is 8.74. The number of hydrogen-bond donors (Lipinski definition) is 1. The lowest BCUT2D eigenvalue weighted by molar-refractivity contribution is -0.113. The molecule has 0 aliphatic heterocycles. The van der Waals surface area contributed by atoms with E-state index in [1.165, 1.54) is 23.1 Å². The lowest BCUT2D eigenvalue weighted by Gasteiger charge is -2.10. The van der Waals surface area contributed by atoms with E-state index in [1.54, 1.807) is 6.07 Å². The molecule has 170 valence electrons. The largest absolute Gasteiger partial charge is 0.485 e. The lowest BCUT2D eigenvalue weighted by atomic mass is 10.2. The molecule has 2 aromatic heterocycles. The van der Waals surface area contributed by atoms with Crippen molar-refractivity contribution in [3.63, 3.8) is 0 Å². The minimum Gasteiger partial charge on any atom is -0.485 e. The van der Waals surface area contributed by atoms with Crippen LogP contribution < -0.4 is 10.1 Å². The quantitative estimate of drug-likeness (QED) is 0.298. The number of amides is 1. The van der Waals surface area contributed by atoms with Crippen LogP contribution in [0.5, 0.6) is 5.75 Å². The number of carbonyl (C=O) groups excluding carboxylic acids is 1. The first-order chi connectivity index (χ1) is 16.0. The van der Waals surface area contributed by atoms with Crippen molar-refractivity contribution in [1.82, 2.24) is 19.7 Å². The summed E-state index contributed by atoms with van der Waals surface area (Å²) < 4.78 is 7.84. The monoisotopic (exact) mass is 499 g/mol. The van der Waals surface area contributed by atoms with Crippen molar-refractivity contribution in [2.75, 3.05) is 11.1 Å². The highest BCUT2D eigenvalue weighted by atomic mass is 35.5. The smallest absolute Gasteiger partial charge is 0.236 e. The number of aromatic nitrogens is 4. The summed E-state index contributed by atoms with van der Waals surface area (Å²) in [5.41, 5.74) is 2.81. The number of hydrogen-bond acceptors (Lipinski definition) is 7. The maximum atomic E-state index is 12.5. The number of halogens is 1. The predicted molar refractivity (Wildman–Crippen MR) is 133 cm³/mol. The maximum absolute atomic E-state index is 12.5. The maximum Gasteiger partial charge on any atom is 0.236 e. The Labute approximate surface area is 205 Å². The number of thiazole rings is 1. The van der Waals surface area contributed by atoms with Crippen molar-refractivity contribution in [3.05, 3.63) is 70.3 Å². The van der Waals surface area contributed by atoms with E-state index >= 15 is 0 Å². The Morgan fingerprint density at radius 2 is 2.03 bits per heavy atom. The fraction of sp³-hybridized carbons (Fsp3) is 0.217. The van der Waals surface area contributed by atoms with Gasteiger partial charge in [0.25, 0.3) is 0 Å². The Morgan fingerprint density at radius 3 is 2.79 bits per heavy atom. The molecule has 2 heterocycles. The summed E-state index contributed by atoms with van der Waals surface area (Å²) in [6.07, 6.45) is 0. The summed E-state index contributed by atoms with van der Waals surface area (Å²) in [7, 11) is 0. The van der Waals surface area contributed by atoms with Crippen LogP contribution in [0.1, 0.15) is 18.3 Å². The molecule has 2 aromatic carbocycles. The van der Waals surface area contributed by atoms with Gasteiger partial charge in [-0.2, -0.15) is 0 Å². The fourth-order valence-corrected chi connectivity index (χ4v) is 4.91. The van der Waals surface area contributed by atoms with Crippen LogP contribution in [0.2, 0.25) is 5.02 Å². The Hall–Kier alpha value is -2.88. The minimum atomic E-state index is -0.144. The molecular formula is C23H22ClN5O2S2. The van der Waals surface area contributed by atoms with Gasteiger partial charge in [0, 0.05) is 22.5 Å². The standard InChI is InChI=1S/C23H22ClN5O2S2/c1-3-29-20(12-31-19-10-9-17(24)11-15(19)2)27-28-23(29)33-14-21(30)26-22-25-18(13-32-22)16-7-5-4-6-8-16/h4-11,13H,3,12,14H2,1-2H3,(H,25,26,30). The van der Waals surface area contributed by atoms with Gasteiger partial charge < -0.3 is 14.6 Å². The first-order valence-corrected chi connectivity index (χ1v) is 12.5. The molecule has 33 heavy (non-hydrogen) atoms. The number of benzene rings is 2. The van der Waals surface area contributed by atoms with Gasteiger partial charge in [0.1, 0.15) is 12.4 Å². The van der Waals surface area contributed by atoms with Crippen molar-refractivity contribution in [2.24, 2.45) is 0 Å². The number of aryl methyl sites for hydroxylation is 1. The van der Waals surface area contributed by atoms with Gasteiger partial charge in [0.05, 0.1) is 11.4 Å². The van der Waals surface area contributed by atoms with Gasteiger partial charge in [-0.05, 0) is 37.6 Å². The van der Waals surface area contributed by atoms with Crippen LogP contribution >= 0.6 is 34.7 Å². The molecular weight excluding hydrogens is 478 g/mol. The molecule has 0 aliphatic rings. The van der Waals surface area contributed by atoms with Crippen LogP contribution in [0.4, 0.5) is 5.13 Å². The zero-order valence-corrected chi connectivity index (χ0v) is 20.5. The molecule has 1 amide bonds. The highest BCUT2D eigenvalue weighted by Gasteiger charge is 2.15. The van der Waals surface area contributed by atoms with Crippen LogP contribution in [-0.2, 0) is 17.9 Å². The van der Waals surface area contributed by atoms with Crippen molar-refractivity contribution < 1.29 is 9.53 Å². The van der Waals surface area contributed by atoms with Gasteiger partial charge in [-0.15, -0.1) is 21.5 Å². The van der Waals surface area contributed by atoms with Gasteiger partial charge in [-0.1, -0.05) is 53.7 Å². The first kappa shape index (κ1) is 23.3. The van der Waals surface area contributed by atoms with E-state index in [2.05, 4.69) is 20.5 Å². The fourth-order valence-electron chi connectivity index (χ4n) is 3.13. The molecule has 0 atom stereocenters. The minimum absolute atomic E-state index is 0.144. The highest BCUT2D eigenvalue weighted by Crippen LogP contribution is 2.26. The number of thioether (sulfide) groups is 1. The molecule has 10 heteroatoms. The van der Waals surface area contributed by atoms with Gasteiger partial charge in [-0.25, -0.2) is 4.98 Å². The van der Waals surface area contributed by atoms with Crippen molar-refractivity contribution >= 4 is 45.7 Å². The second-order valence-corrected chi connectivity index (χ2v) is 9.32. The molecule has 1 N–H and O–H groups in total. The molecule has 0 saturated heterocycles. The third-order valence-electron chi connectivity index (χ3n) is 4.76. The third kappa shape index (κ3) is 5.93. The van der Waals surface area contributed by atoms with Gasteiger partial charge >= 0.3 is 0 Å². The molecule has 0 saturated carbocycles. The normalized spacial score (nSPS) is 10.9. The summed E-state index contributed by atoms with van der Waals surface area (Å²) in [5.74, 6) is 1.50. The third-order valence-corrected chi connectivity index (χ3v) is 6.72. The van der Waals surface area contributed by atoms with Crippen LogP contribution in [0.15, 0.2) is 59.1 Å². The zero-order chi connectivity index (χ0) is 23.2. The van der Waals surface area contributed by atoms with Gasteiger partial charge in [-0.3, -0.25) is 4.79 Å². The number of nitrogens with zero attached hydrogens (tertiary/aromatic N) is 4. The molecule has 0 unspecified atom stereocenters. The Balaban J connectivity index is 1.33. The SMILES string of the molecule is CCn1c(COc2ccc(Cl)cc2C)nnc1SCC(=O)Nc1nc(-c2ccccc2)cs1. The van der Waals surface area contributed by atoms with E-state index in [9.17, 15) is 4.79 Å². The summed E-state index contributed by atoms with van der Waals surface area (Å²) in [6.45, 7) is 4.89. The van der Waals surface area contributed by atoms with Crippen molar-refractivity contribution in [3.8, 4) is 17.0 Å². The van der Waals surface area contributed by atoms with Crippen LogP contribution in [-0.4, -0.2) is 31.4 Å². The van der Waals surface area contributed by atoms with Gasteiger partial charge in [0.15, 0.2) is 16.1 Å². The van der Waals surface area contributed by atoms with E-state index in [4.69, 9.17) is 16.3 Å². The second-order valence-electron chi connectivity index (χ2n) is 7.08. The number of nitrogens with one attached hydrogen (secondary N) is 1. The predicted octanol–water partition coefficient (Wildman–Crippen LogP) is 5.69. The average molecular weight is 500 g/mol. The average Bonchev–Trinajstić information content (AvgIpc) is 3.44. The van der Waals surface area contributed by atoms with Crippen molar-refractivity contribution in [2.45, 2.75) is 32.2 Å². The van der Waals surface area contributed by atoms with Crippen molar-refractivity contribution in [1.29, 1.82) is 0 Å². The topological polar surface area (TPSA) is 81.9 Å². The van der Waals surface area contributed by atoms with E-state index in [0.717, 1.165) is 22.6 Å². The molecule has 0 radical (unpaired) electrons.